The molecule has 0 aliphatic heterocycles. The number of hydrogen-bond donors (Lipinski definition) is 1. The van der Waals surface area contributed by atoms with Gasteiger partial charge < -0.3 is 10.1 Å². The Balaban J connectivity index is 2.04. The molecule has 0 saturated heterocycles. The van der Waals surface area contributed by atoms with Gasteiger partial charge >= 0.3 is 0 Å². The topological polar surface area (TPSA) is 38.5 Å². The number of pyridine rings is 1. The third-order valence-electron chi connectivity index (χ3n) is 4.49. The maximum absolute atomic E-state index is 7.46. The van der Waals surface area contributed by atoms with Gasteiger partial charge in [0.25, 0.3) is 0 Å². The molecule has 0 saturated carbocycles. The number of nitrogens with zero attached hydrogens (tertiary/aromatic N) is 2. The molecule has 3 rings (SSSR count). The number of benzene rings is 2. The highest BCUT2D eigenvalue weighted by Gasteiger charge is 2.13. The molecule has 4 nitrogen and oxygen atoms in total. The molecule has 0 atom stereocenters. The van der Waals surface area contributed by atoms with Crippen molar-refractivity contribution in [3.63, 3.8) is 0 Å². The van der Waals surface area contributed by atoms with Crippen LogP contribution in [0.15, 0.2) is 41.4 Å². The minimum Gasteiger partial charge on any atom is -0.495 e. The molecule has 1 aromatic heterocycles. The molecule has 0 aliphatic carbocycles. The van der Waals surface area contributed by atoms with Crippen LogP contribution in [-0.4, -0.2) is 17.8 Å². The molecule has 0 unspecified atom stereocenters. The van der Waals surface area contributed by atoms with Gasteiger partial charge in [0.15, 0.2) is 5.69 Å². The highest BCUT2D eigenvalue weighted by atomic mass is 35.5. The SMILES string of the molecule is [C-]#[N+]c1cc(SCC)c2ncc(CC)c(NCc3ccc(OC)c(Cl)c3)c2c1. The molecule has 0 amide bonds. The molecule has 3 aromatic rings. The van der Waals surface area contributed by atoms with Gasteiger partial charge in [0, 0.05) is 28.7 Å². The number of rotatable bonds is 7. The molecule has 0 radical (unpaired) electrons. The summed E-state index contributed by atoms with van der Waals surface area (Å²) in [5.41, 5.74) is 4.78. The molecule has 1 N–H and O–H groups in total. The van der Waals surface area contributed by atoms with Crippen LogP contribution in [0.4, 0.5) is 11.4 Å². The third-order valence-corrected chi connectivity index (χ3v) is 5.70. The molecular formula is C22H22ClN3OS. The first kappa shape index (κ1) is 20.3. The zero-order valence-corrected chi connectivity index (χ0v) is 17.7. The second-order valence-electron chi connectivity index (χ2n) is 6.22. The Hall–Kier alpha value is -2.42. The first-order chi connectivity index (χ1) is 13.6. The Labute approximate surface area is 175 Å². The molecule has 28 heavy (non-hydrogen) atoms. The van der Waals surface area contributed by atoms with Crippen molar-refractivity contribution in [1.82, 2.24) is 4.98 Å². The van der Waals surface area contributed by atoms with Crippen LogP contribution in [0.1, 0.15) is 25.0 Å². The van der Waals surface area contributed by atoms with E-state index in [4.69, 9.17) is 27.9 Å². The molecule has 0 aliphatic rings. The lowest BCUT2D eigenvalue weighted by atomic mass is 10.1. The van der Waals surface area contributed by atoms with E-state index in [0.717, 1.165) is 44.8 Å². The number of fused-ring (bicyclic) bond motifs is 1. The molecular weight excluding hydrogens is 390 g/mol. The van der Waals surface area contributed by atoms with Gasteiger partial charge in [0.2, 0.25) is 0 Å². The first-order valence-corrected chi connectivity index (χ1v) is 10.5. The number of anilines is 1. The number of nitrogens with one attached hydrogen (secondary N) is 1. The number of thioether (sulfide) groups is 1. The van der Waals surface area contributed by atoms with Gasteiger partial charge in [0.1, 0.15) is 5.75 Å². The van der Waals surface area contributed by atoms with Gasteiger partial charge in [-0.1, -0.05) is 31.5 Å². The fourth-order valence-corrected chi connectivity index (χ4v) is 4.21. The Bertz CT molecular complexity index is 1050. The van der Waals surface area contributed by atoms with E-state index in [-0.39, 0.29) is 0 Å². The second kappa shape index (κ2) is 9.18. The second-order valence-corrected chi connectivity index (χ2v) is 7.93. The Morgan fingerprint density at radius 1 is 1.25 bits per heavy atom. The summed E-state index contributed by atoms with van der Waals surface area (Å²) in [6, 6.07) is 9.63. The van der Waals surface area contributed by atoms with Gasteiger partial charge in [-0.3, -0.25) is 4.98 Å². The number of aryl methyl sites for hydroxylation is 1. The van der Waals surface area contributed by atoms with Crippen molar-refractivity contribution < 1.29 is 4.74 Å². The summed E-state index contributed by atoms with van der Waals surface area (Å²) >= 11 is 7.97. The minimum atomic E-state index is 0.592. The van der Waals surface area contributed by atoms with E-state index in [1.165, 1.54) is 0 Å². The largest absolute Gasteiger partial charge is 0.495 e. The summed E-state index contributed by atoms with van der Waals surface area (Å²) in [5, 5.41) is 5.14. The number of hydrogen-bond acceptors (Lipinski definition) is 4. The zero-order valence-electron chi connectivity index (χ0n) is 16.2. The monoisotopic (exact) mass is 411 g/mol. The van der Waals surface area contributed by atoms with Crippen LogP contribution in [0.25, 0.3) is 15.7 Å². The molecule has 0 spiro atoms. The van der Waals surface area contributed by atoms with Crippen molar-refractivity contribution in [1.29, 1.82) is 0 Å². The molecule has 1 heterocycles. The number of ether oxygens (including phenoxy) is 1. The van der Waals surface area contributed by atoms with Gasteiger partial charge in [0.05, 0.1) is 24.2 Å². The van der Waals surface area contributed by atoms with Gasteiger partial charge in [-0.2, -0.15) is 0 Å². The Kier molecular flexibility index (Phi) is 6.66. The maximum Gasteiger partial charge on any atom is 0.189 e. The van der Waals surface area contributed by atoms with Crippen molar-refractivity contribution in [3.8, 4) is 5.75 Å². The lowest BCUT2D eigenvalue weighted by Gasteiger charge is -2.16. The molecule has 0 fully saturated rings. The summed E-state index contributed by atoms with van der Waals surface area (Å²) in [7, 11) is 1.61. The Morgan fingerprint density at radius 2 is 2.07 bits per heavy atom. The number of halogens is 1. The highest BCUT2D eigenvalue weighted by molar-refractivity contribution is 7.99. The fraction of sp³-hybridized carbons (Fsp3) is 0.273. The number of aromatic nitrogens is 1. The number of methoxy groups -OCH3 is 1. The zero-order chi connectivity index (χ0) is 20.1. The minimum absolute atomic E-state index is 0.592. The highest BCUT2D eigenvalue weighted by Crippen LogP contribution is 2.37. The van der Waals surface area contributed by atoms with Crippen molar-refractivity contribution in [2.45, 2.75) is 31.7 Å². The van der Waals surface area contributed by atoms with E-state index in [0.29, 0.717) is 23.0 Å². The third kappa shape index (κ3) is 4.19. The van der Waals surface area contributed by atoms with E-state index in [1.54, 1.807) is 18.9 Å². The van der Waals surface area contributed by atoms with Gasteiger partial charge in [-0.05, 0) is 47.6 Å². The predicted octanol–water partition coefficient (Wildman–Crippen LogP) is 6.73. The van der Waals surface area contributed by atoms with Crippen LogP contribution >= 0.6 is 23.4 Å². The van der Waals surface area contributed by atoms with Crippen LogP contribution in [0, 0.1) is 6.57 Å². The fourth-order valence-electron chi connectivity index (χ4n) is 3.11. The summed E-state index contributed by atoms with van der Waals surface area (Å²) < 4.78 is 5.23. The lowest BCUT2D eigenvalue weighted by Crippen LogP contribution is -2.04. The average Bonchev–Trinajstić information content (AvgIpc) is 2.71. The van der Waals surface area contributed by atoms with E-state index in [9.17, 15) is 0 Å². The van der Waals surface area contributed by atoms with E-state index in [1.807, 2.05) is 36.5 Å². The normalized spacial score (nSPS) is 10.7. The maximum atomic E-state index is 7.46. The van der Waals surface area contributed by atoms with Crippen molar-refractivity contribution in [2.24, 2.45) is 0 Å². The quantitative estimate of drug-likeness (QED) is 0.345. The summed E-state index contributed by atoms with van der Waals surface area (Å²) in [6.07, 6.45) is 2.79. The van der Waals surface area contributed by atoms with Gasteiger partial charge in [-0.15, -0.1) is 11.8 Å². The smallest absolute Gasteiger partial charge is 0.189 e. The van der Waals surface area contributed by atoms with Crippen LogP contribution < -0.4 is 10.1 Å². The summed E-state index contributed by atoms with van der Waals surface area (Å²) in [4.78, 5) is 9.40. The predicted molar refractivity (Wildman–Crippen MR) is 119 cm³/mol. The summed E-state index contributed by atoms with van der Waals surface area (Å²) in [6.45, 7) is 12.3. The molecule has 144 valence electrons. The van der Waals surface area contributed by atoms with Crippen molar-refractivity contribution in [3.05, 3.63) is 64.1 Å². The van der Waals surface area contributed by atoms with Gasteiger partial charge in [-0.25, -0.2) is 4.85 Å². The van der Waals surface area contributed by atoms with E-state index >= 15 is 0 Å². The lowest BCUT2D eigenvalue weighted by molar-refractivity contribution is 0.415. The average molecular weight is 412 g/mol. The van der Waals surface area contributed by atoms with Crippen molar-refractivity contribution in [2.75, 3.05) is 18.2 Å². The standard InChI is InChI=1S/C22H22ClN3OS/c1-5-15-13-26-22-17(10-16(24-3)11-20(22)28-6-2)21(15)25-12-14-7-8-19(27-4)18(23)9-14/h7-11,13H,5-6,12H2,1-2,4H3,(H,25,26). The van der Waals surface area contributed by atoms with Crippen LogP contribution in [-0.2, 0) is 13.0 Å². The van der Waals surface area contributed by atoms with Crippen LogP contribution in [0.2, 0.25) is 5.02 Å². The van der Waals surface area contributed by atoms with Crippen molar-refractivity contribution >= 4 is 45.6 Å². The summed E-state index contributed by atoms with van der Waals surface area (Å²) in [5.74, 6) is 1.60. The first-order valence-electron chi connectivity index (χ1n) is 9.13. The van der Waals surface area contributed by atoms with E-state index < -0.39 is 0 Å². The molecule has 0 bridgehead atoms. The van der Waals surface area contributed by atoms with Crippen LogP contribution in [0.5, 0.6) is 5.75 Å². The molecule has 2 aromatic carbocycles. The Morgan fingerprint density at radius 3 is 2.71 bits per heavy atom. The molecule has 6 heteroatoms. The van der Waals surface area contributed by atoms with E-state index in [2.05, 4.69) is 24.0 Å². The van der Waals surface area contributed by atoms with Crippen LogP contribution in [0.3, 0.4) is 0 Å².